The maximum Gasteiger partial charge on any atom is 0.240 e. The number of imidazole rings is 1. The van der Waals surface area contributed by atoms with Crippen LogP contribution in [-0.2, 0) is 17.9 Å². The summed E-state index contributed by atoms with van der Waals surface area (Å²) in [5.41, 5.74) is 1.72. The van der Waals surface area contributed by atoms with Crippen LogP contribution in [-0.4, -0.2) is 20.0 Å². The molecule has 4 aromatic rings. The second kappa shape index (κ2) is 7.92. The normalized spacial score (nSPS) is 12.0. The van der Waals surface area contributed by atoms with Crippen molar-refractivity contribution in [2.45, 2.75) is 19.1 Å². The van der Waals surface area contributed by atoms with Crippen LogP contribution in [0.2, 0.25) is 0 Å². The van der Waals surface area contributed by atoms with E-state index < -0.39 is 0 Å². The molecule has 0 radical (unpaired) electrons. The van der Waals surface area contributed by atoms with Crippen molar-refractivity contribution >= 4 is 16.8 Å². The minimum atomic E-state index is -0.187. The number of para-hydroxylation sites is 1. The Bertz CT molecular complexity index is 1130. The summed E-state index contributed by atoms with van der Waals surface area (Å²) in [6, 6.07) is 18.5. The van der Waals surface area contributed by atoms with Crippen LogP contribution in [0.25, 0.3) is 10.9 Å². The van der Waals surface area contributed by atoms with Gasteiger partial charge < -0.3 is 14.5 Å². The fourth-order valence-electron chi connectivity index (χ4n) is 3.32. The van der Waals surface area contributed by atoms with E-state index in [1.165, 1.54) is 6.07 Å². The zero-order chi connectivity index (χ0) is 19.3. The number of fused-ring (bicyclic) bond motifs is 1. The van der Waals surface area contributed by atoms with Crippen LogP contribution >= 0.6 is 0 Å². The molecule has 0 saturated carbocycles. The highest BCUT2D eigenvalue weighted by Crippen LogP contribution is 2.16. The number of carbonyl (C=O) groups excluding carboxylic acids is 1. The monoisotopic (exact) mass is 372 g/mol. The fourth-order valence-corrected chi connectivity index (χ4v) is 3.32. The molecule has 1 atom stereocenters. The first kappa shape index (κ1) is 17.7. The van der Waals surface area contributed by atoms with Gasteiger partial charge in [0.15, 0.2) is 5.43 Å². The number of aromatic nitrogens is 3. The number of nitrogens with one attached hydrogen (secondary N) is 1. The minimum Gasteiger partial charge on any atom is -0.346 e. The summed E-state index contributed by atoms with van der Waals surface area (Å²) in [4.78, 5) is 28.9. The molecule has 0 spiro atoms. The molecule has 140 valence electrons. The molecular weight excluding hydrogens is 352 g/mol. The average molecular weight is 372 g/mol. The van der Waals surface area contributed by atoms with Gasteiger partial charge in [-0.15, -0.1) is 0 Å². The molecule has 0 aliphatic rings. The molecule has 6 nitrogen and oxygen atoms in total. The van der Waals surface area contributed by atoms with E-state index in [4.69, 9.17) is 0 Å². The molecule has 28 heavy (non-hydrogen) atoms. The minimum absolute atomic E-state index is 0.0467. The summed E-state index contributed by atoms with van der Waals surface area (Å²) >= 11 is 0. The van der Waals surface area contributed by atoms with Crippen molar-refractivity contribution < 1.29 is 4.79 Å². The van der Waals surface area contributed by atoms with E-state index in [1.54, 1.807) is 29.4 Å². The summed E-state index contributed by atoms with van der Waals surface area (Å²) < 4.78 is 3.73. The highest BCUT2D eigenvalue weighted by Gasteiger charge is 2.16. The van der Waals surface area contributed by atoms with Crippen LogP contribution in [0.5, 0.6) is 0 Å². The van der Waals surface area contributed by atoms with Crippen LogP contribution in [0, 0.1) is 0 Å². The largest absolute Gasteiger partial charge is 0.346 e. The van der Waals surface area contributed by atoms with Crippen LogP contribution in [0.15, 0.2) is 90.4 Å². The van der Waals surface area contributed by atoms with E-state index in [-0.39, 0.29) is 23.9 Å². The van der Waals surface area contributed by atoms with Gasteiger partial charge in [-0.25, -0.2) is 4.98 Å². The predicted octanol–water partition coefficient (Wildman–Crippen LogP) is 2.76. The molecule has 2 heterocycles. The molecule has 2 aromatic heterocycles. The third-order valence-electron chi connectivity index (χ3n) is 4.69. The Kier molecular flexibility index (Phi) is 5.01. The zero-order valence-electron chi connectivity index (χ0n) is 15.2. The first-order valence-corrected chi connectivity index (χ1v) is 9.09. The van der Waals surface area contributed by atoms with Gasteiger partial charge in [0.2, 0.25) is 5.91 Å². The summed E-state index contributed by atoms with van der Waals surface area (Å²) in [6.07, 6.45) is 6.99. The third kappa shape index (κ3) is 3.86. The average Bonchev–Trinajstić information content (AvgIpc) is 3.24. The first-order valence-electron chi connectivity index (χ1n) is 9.09. The third-order valence-corrected chi connectivity index (χ3v) is 4.69. The van der Waals surface area contributed by atoms with Crippen molar-refractivity contribution in [1.29, 1.82) is 0 Å². The Morgan fingerprint density at radius 3 is 2.57 bits per heavy atom. The first-order chi connectivity index (χ1) is 13.7. The summed E-state index contributed by atoms with van der Waals surface area (Å²) in [7, 11) is 0. The second-order valence-corrected chi connectivity index (χ2v) is 6.62. The molecule has 0 fully saturated rings. The lowest BCUT2D eigenvalue weighted by Crippen LogP contribution is -2.34. The molecular formula is C22H20N4O2. The summed E-state index contributed by atoms with van der Waals surface area (Å²) in [6.45, 7) is 0.717. The lowest BCUT2D eigenvalue weighted by atomic mass is 10.1. The van der Waals surface area contributed by atoms with Gasteiger partial charge in [0, 0.05) is 36.6 Å². The van der Waals surface area contributed by atoms with Crippen molar-refractivity contribution in [3.05, 3.63) is 101 Å². The topological polar surface area (TPSA) is 68.9 Å². The number of amides is 1. The number of benzene rings is 2. The van der Waals surface area contributed by atoms with Crippen LogP contribution in [0.3, 0.4) is 0 Å². The van der Waals surface area contributed by atoms with Gasteiger partial charge >= 0.3 is 0 Å². The van der Waals surface area contributed by atoms with Gasteiger partial charge in [0.05, 0.1) is 17.9 Å². The Balaban J connectivity index is 1.57. The maximum absolute atomic E-state index is 12.8. The Morgan fingerprint density at radius 1 is 1.00 bits per heavy atom. The molecule has 1 N–H and O–H groups in total. The molecule has 1 amide bonds. The van der Waals surface area contributed by atoms with Gasteiger partial charge in [-0.05, 0) is 17.7 Å². The van der Waals surface area contributed by atoms with Gasteiger partial charge in [-0.2, -0.15) is 0 Å². The SMILES string of the molecule is O=C(Cn1ccc(=O)c2ccccc21)N[C@H](Cn1ccnc1)c1ccccc1. The van der Waals surface area contributed by atoms with E-state index in [2.05, 4.69) is 10.3 Å². The van der Waals surface area contributed by atoms with Gasteiger partial charge in [-0.1, -0.05) is 42.5 Å². The standard InChI is InChI=1S/C22H20N4O2/c27-21-10-12-26(20-9-5-4-8-18(20)21)15-22(28)24-19(14-25-13-11-23-16-25)17-6-2-1-3-7-17/h1-13,16,19H,14-15H2,(H,24,28)/t19-/m1/s1. The van der Waals surface area contributed by atoms with Gasteiger partial charge in [0.1, 0.15) is 6.54 Å². The molecule has 0 aliphatic carbocycles. The zero-order valence-corrected chi connectivity index (χ0v) is 15.2. The van der Waals surface area contributed by atoms with Crippen LogP contribution in [0.4, 0.5) is 0 Å². The highest BCUT2D eigenvalue weighted by molar-refractivity contribution is 5.82. The number of nitrogens with zero attached hydrogens (tertiary/aromatic N) is 3. The molecule has 4 rings (SSSR count). The lowest BCUT2D eigenvalue weighted by Gasteiger charge is -2.20. The molecule has 0 saturated heterocycles. The molecule has 0 bridgehead atoms. The second-order valence-electron chi connectivity index (χ2n) is 6.62. The van der Waals surface area contributed by atoms with Crippen molar-refractivity contribution in [3.63, 3.8) is 0 Å². The number of rotatable bonds is 6. The predicted molar refractivity (Wildman–Crippen MR) is 108 cm³/mol. The summed E-state index contributed by atoms with van der Waals surface area (Å²) in [5, 5.41) is 3.72. The number of pyridine rings is 1. The van der Waals surface area contributed by atoms with Crippen molar-refractivity contribution in [2.24, 2.45) is 0 Å². The van der Waals surface area contributed by atoms with E-state index in [0.29, 0.717) is 11.9 Å². The van der Waals surface area contributed by atoms with Crippen LogP contribution in [0.1, 0.15) is 11.6 Å². The number of hydrogen-bond donors (Lipinski definition) is 1. The Morgan fingerprint density at radius 2 is 1.79 bits per heavy atom. The highest BCUT2D eigenvalue weighted by atomic mass is 16.2. The van der Waals surface area contributed by atoms with E-state index in [0.717, 1.165) is 11.1 Å². The van der Waals surface area contributed by atoms with E-state index in [9.17, 15) is 9.59 Å². The fraction of sp³-hybridized carbons (Fsp3) is 0.136. The maximum atomic E-state index is 12.8. The summed E-state index contributed by atoms with van der Waals surface area (Å²) in [5.74, 6) is -0.122. The van der Waals surface area contributed by atoms with Crippen molar-refractivity contribution in [2.75, 3.05) is 0 Å². The molecule has 6 heteroatoms. The quantitative estimate of drug-likeness (QED) is 0.566. The molecule has 0 aliphatic heterocycles. The Labute approximate surface area is 162 Å². The van der Waals surface area contributed by atoms with E-state index >= 15 is 0 Å². The molecule has 2 aromatic carbocycles. The molecule has 0 unspecified atom stereocenters. The van der Waals surface area contributed by atoms with Crippen LogP contribution < -0.4 is 10.7 Å². The van der Waals surface area contributed by atoms with Crippen molar-refractivity contribution in [3.8, 4) is 0 Å². The smallest absolute Gasteiger partial charge is 0.240 e. The van der Waals surface area contributed by atoms with Gasteiger partial charge in [0.25, 0.3) is 0 Å². The van der Waals surface area contributed by atoms with E-state index in [1.807, 2.05) is 59.3 Å². The number of hydrogen-bond acceptors (Lipinski definition) is 3. The number of carbonyl (C=O) groups is 1. The lowest BCUT2D eigenvalue weighted by molar-refractivity contribution is -0.122. The Hall–Kier alpha value is -3.67. The van der Waals surface area contributed by atoms with Gasteiger partial charge in [-0.3, -0.25) is 9.59 Å². The van der Waals surface area contributed by atoms with Crippen molar-refractivity contribution in [1.82, 2.24) is 19.4 Å².